The Hall–Kier alpha value is -2.65. The largest absolute Gasteiger partial charge is 0.314 e. The molecule has 0 atom stereocenters. The van der Waals surface area contributed by atoms with Crippen molar-refractivity contribution in [3.05, 3.63) is 64.4 Å². The molecule has 1 aliphatic rings. The van der Waals surface area contributed by atoms with Crippen LogP contribution in [0, 0.1) is 31.0 Å². The van der Waals surface area contributed by atoms with Gasteiger partial charge in [0.05, 0.1) is 10.6 Å². The van der Waals surface area contributed by atoms with E-state index in [1.54, 1.807) is 11.0 Å². The van der Waals surface area contributed by atoms with Gasteiger partial charge in [-0.3, -0.25) is 0 Å². The minimum Gasteiger partial charge on any atom is -0.314 e. The number of hydrogen-bond acceptors (Lipinski definition) is 4. The molecule has 2 aromatic rings. The Balaban J connectivity index is 2.32. The highest BCUT2D eigenvalue weighted by Crippen LogP contribution is 2.40. The molecule has 0 fully saturated rings. The number of allylic oxidation sites excluding steroid dienone is 1. The Morgan fingerprint density at radius 2 is 1.74 bits per heavy atom. The predicted molar refractivity (Wildman–Crippen MR) is 85.3 cm³/mol. The fourth-order valence-electron chi connectivity index (χ4n) is 2.67. The lowest BCUT2D eigenvalue weighted by molar-refractivity contribution is 0.596. The van der Waals surface area contributed by atoms with Crippen LogP contribution in [0.5, 0.6) is 0 Å². The Labute approximate surface area is 134 Å². The fraction of sp³-hybridized carbons (Fsp3) is 0.118. The summed E-state index contributed by atoms with van der Waals surface area (Å²) in [6.45, 7) is 3.86. The molecule has 1 heterocycles. The predicted octanol–water partition coefficient (Wildman–Crippen LogP) is 3.73. The zero-order valence-electron chi connectivity index (χ0n) is 12.5. The second-order valence-electron chi connectivity index (χ2n) is 5.44. The molecule has 0 radical (unpaired) electrons. The second-order valence-corrected chi connectivity index (χ2v) is 7.32. The lowest BCUT2D eigenvalue weighted by Crippen LogP contribution is -2.21. The Morgan fingerprint density at radius 1 is 1.09 bits per heavy atom. The summed E-state index contributed by atoms with van der Waals surface area (Å²) < 4.78 is 38.4. The molecule has 0 saturated carbocycles. The van der Waals surface area contributed by atoms with Gasteiger partial charge in [-0.1, -0.05) is 6.07 Å². The molecular formula is C17H13FN2O2S. The highest BCUT2D eigenvalue weighted by Gasteiger charge is 2.32. The first-order valence-corrected chi connectivity index (χ1v) is 8.35. The molecule has 0 N–H and O–H groups in total. The number of fused-ring (bicyclic) bond motifs is 1. The summed E-state index contributed by atoms with van der Waals surface area (Å²) in [5.41, 5.74) is 3.06. The van der Waals surface area contributed by atoms with Crippen LogP contribution in [0.3, 0.4) is 0 Å². The standard InChI is InChI=1S/C17H13FN2O2S/c1-11-5-12(2)7-14(6-11)20-10-15(9-19)23(21,22)17-8-13(18)3-4-16(17)20/h3-8,10H,1-2H3. The van der Waals surface area contributed by atoms with E-state index in [2.05, 4.69) is 0 Å². The van der Waals surface area contributed by atoms with Crippen LogP contribution in [0.15, 0.2) is 52.4 Å². The quantitative estimate of drug-likeness (QED) is 0.800. The average Bonchev–Trinajstić information content (AvgIpc) is 2.47. The number of nitrogens with zero attached hydrogens (tertiary/aromatic N) is 2. The van der Waals surface area contributed by atoms with Gasteiger partial charge in [0.15, 0.2) is 4.91 Å². The van der Waals surface area contributed by atoms with Gasteiger partial charge < -0.3 is 4.90 Å². The normalized spacial score (nSPS) is 15.6. The Kier molecular flexibility index (Phi) is 3.46. The van der Waals surface area contributed by atoms with Crippen LogP contribution in [-0.4, -0.2) is 8.42 Å². The molecular weight excluding hydrogens is 315 g/mol. The molecule has 3 rings (SSSR count). The van der Waals surface area contributed by atoms with Gasteiger partial charge in [0.2, 0.25) is 9.84 Å². The summed E-state index contributed by atoms with van der Waals surface area (Å²) in [4.78, 5) is 0.999. The first kappa shape index (κ1) is 15.3. The number of aryl methyl sites for hydroxylation is 2. The van der Waals surface area contributed by atoms with E-state index >= 15 is 0 Å². The molecule has 0 amide bonds. The zero-order valence-corrected chi connectivity index (χ0v) is 13.4. The van der Waals surface area contributed by atoms with Gasteiger partial charge in [0.25, 0.3) is 0 Å². The smallest absolute Gasteiger partial charge is 0.220 e. The van der Waals surface area contributed by atoms with Crippen LogP contribution in [0.4, 0.5) is 15.8 Å². The van der Waals surface area contributed by atoms with Crippen LogP contribution >= 0.6 is 0 Å². The summed E-state index contributed by atoms with van der Waals surface area (Å²) in [6.07, 6.45) is 1.28. The molecule has 6 heteroatoms. The molecule has 0 saturated heterocycles. The first-order chi connectivity index (χ1) is 10.8. The lowest BCUT2D eigenvalue weighted by Gasteiger charge is -2.28. The number of halogens is 1. The van der Waals surface area contributed by atoms with E-state index < -0.39 is 20.6 Å². The third-order valence-corrected chi connectivity index (χ3v) is 5.28. The average molecular weight is 328 g/mol. The van der Waals surface area contributed by atoms with Crippen molar-refractivity contribution < 1.29 is 12.8 Å². The number of rotatable bonds is 1. The molecule has 0 aliphatic carbocycles. The van der Waals surface area contributed by atoms with E-state index in [9.17, 15) is 18.1 Å². The van der Waals surface area contributed by atoms with E-state index in [-0.39, 0.29) is 4.90 Å². The van der Waals surface area contributed by atoms with Crippen molar-refractivity contribution in [3.8, 4) is 6.07 Å². The van der Waals surface area contributed by atoms with E-state index in [4.69, 9.17) is 0 Å². The van der Waals surface area contributed by atoms with Crippen LogP contribution < -0.4 is 4.90 Å². The molecule has 0 spiro atoms. The van der Waals surface area contributed by atoms with Crippen LogP contribution in [0.2, 0.25) is 0 Å². The van der Waals surface area contributed by atoms with Gasteiger partial charge in [0.1, 0.15) is 11.9 Å². The third kappa shape index (κ3) is 2.49. The van der Waals surface area contributed by atoms with Crippen LogP contribution in [0.25, 0.3) is 0 Å². The number of benzene rings is 2. The molecule has 0 bridgehead atoms. The van der Waals surface area contributed by atoms with Crippen molar-refractivity contribution in [3.63, 3.8) is 0 Å². The number of sulfone groups is 1. The summed E-state index contributed by atoms with van der Waals surface area (Å²) in [5.74, 6) is -0.660. The topological polar surface area (TPSA) is 61.2 Å². The van der Waals surface area contributed by atoms with Gasteiger partial charge >= 0.3 is 0 Å². The molecule has 4 nitrogen and oxygen atoms in total. The van der Waals surface area contributed by atoms with Gasteiger partial charge in [-0.05, 0) is 55.3 Å². The molecule has 23 heavy (non-hydrogen) atoms. The molecule has 2 aromatic carbocycles. The summed E-state index contributed by atoms with van der Waals surface area (Å²) in [5, 5.41) is 9.18. The number of hydrogen-bond donors (Lipinski definition) is 0. The molecule has 1 aliphatic heterocycles. The second kappa shape index (κ2) is 5.21. The maximum absolute atomic E-state index is 13.5. The monoisotopic (exact) mass is 328 g/mol. The van der Waals surface area contributed by atoms with E-state index in [0.717, 1.165) is 22.9 Å². The van der Waals surface area contributed by atoms with Crippen LogP contribution in [0.1, 0.15) is 11.1 Å². The van der Waals surface area contributed by atoms with Gasteiger partial charge in [-0.15, -0.1) is 0 Å². The maximum atomic E-state index is 13.5. The van der Waals surface area contributed by atoms with Crippen molar-refractivity contribution in [2.75, 3.05) is 4.90 Å². The SMILES string of the molecule is Cc1cc(C)cc(N2C=C(C#N)S(=O)(=O)c3cc(F)ccc32)c1. The fourth-order valence-corrected chi connectivity index (χ4v) is 3.98. The number of nitriles is 1. The summed E-state index contributed by atoms with van der Waals surface area (Å²) in [6, 6.07) is 11.0. The van der Waals surface area contributed by atoms with E-state index in [1.165, 1.54) is 18.3 Å². The summed E-state index contributed by atoms with van der Waals surface area (Å²) >= 11 is 0. The molecule has 116 valence electrons. The lowest BCUT2D eigenvalue weighted by atomic mass is 10.1. The van der Waals surface area contributed by atoms with Crippen molar-refractivity contribution >= 4 is 21.2 Å². The molecule has 0 aromatic heterocycles. The minimum atomic E-state index is -4.00. The van der Waals surface area contributed by atoms with E-state index in [1.807, 2.05) is 32.0 Å². The minimum absolute atomic E-state index is 0.198. The van der Waals surface area contributed by atoms with Gasteiger partial charge in [0, 0.05) is 11.9 Å². The zero-order chi connectivity index (χ0) is 16.8. The van der Waals surface area contributed by atoms with Crippen molar-refractivity contribution in [1.29, 1.82) is 5.26 Å². The Morgan fingerprint density at radius 3 is 2.35 bits per heavy atom. The number of anilines is 2. The maximum Gasteiger partial charge on any atom is 0.220 e. The summed E-state index contributed by atoms with van der Waals surface area (Å²) in [7, 11) is -4.00. The van der Waals surface area contributed by atoms with Crippen molar-refractivity contribution in [2.45, 2.75) is 18.7 Å². The highest BCUT2D eigenvalue weighted by molar-refractivity contribution is 7.95. The van der Waals surface area contributed by atoms with Crippen molar-refractivity contribution in [1.82, 2.24) is 0 Å². The Bertz CT molecular complexity index is 968. The highest BCUT2D eigenvalue weighted by atomic mass is 32.2. The van der Waals surface area contributed by atoms with Gasteiger partial charge in [-0.2, -0.15) is 5.26 Å². The van der Waals surface area contributed by atoms with Crippen molar-refractivity contribution in [2.24, 2.45) is 0 Å². The van der Waals surface area contributed by atoms with E-state index in [0.29, 0.717) is 5.69 Å². The van der Waals surface area contributed by atoms with Gasteiger partial charge in [-0.25, -0.2) is 12.8 Å². The first-order valence-electron chi connectivity index (χ1n) is 6.87. The molecule has 0 unspecified atom stereocenters. The third-order valence-electron chi connectivity index (χ3n) is 3.60. The van der Waals surface area contributed by atoms with Crippen LogP contribution in [-0.2, 0) is 9.84 Å².